The van der Waals surface area contributed by atoms with Crippen LogP contribution >= 0.6 is 0 Å². The Labute approximate surface area is 84.0 Å². The van der Waals surface area contributed by atoms with Gasteiger partial charge in [-0.05, 0) is 13.8 Å². The zero-order valence-electron chi connectivity index (χ0n) is 8.75. The van der Waals surface area contributed by atoms with Crippen molar-refractivity contribution in [3.05, 3.63) is 35.0 Å². The summed E-state index contributed by atoms with van der Waals surface area (Å²) in [5, 5.41) is 4.57. The molecule has 1 aromatic heterocycles. The van der Waals surface area contributed by atoms with Gasteiger partial charge in [-0.1, -0.05) is 37.4 Å². The van der Waals surface area contributed by atoms with E-state index in [0.29, 0.717) is 6.04 Å². The highest BCUT2D eigenvalue weighted by Gasteiger charge is 2.05. The van der Waals surface area contributed by atoms with Crippen molar-refractivity contribution in [1.82, 2.24) is 4.57 Å². The molecule has 0 atom stereocenters. The van der Waals surface area contributed by atoms with Crippen molar-refractivity contribution < 1.29 is 0 Å². The maximum Gasteiger partial charge on any atom is 0.0420 e. The van der Waals surface area contributed by atoms with Crippen molar-refractivity contribution in [3.8, 4) is 0 Å². The molecule has 0 aliphatic heterocycles. The summed E-state index contributed by atoms with van der Waals surface area (Å²) in [5.41, 5.74) is 0. The van der Waals surface area contributed by atoms with Crippen LogP contribution < -0.4 is 10.7 Å². The quantitative estimate of drug-likeness (QED) is 0.640. The second-order valence-corrected chi connectivity index (χ2v) is 3.90. The topological polar surface area (TPSA) is 4.93 Å². The first-order valence-corrected chi connectivity index (χ1v) is 4.89. The monoisotopic (exact) mass is 185 g/mol. The minimum atomic E-state index is 0.419. The van der Waals surface area contributed by atoms with Gasteiger partial charge in [-0.3, -0.25) is 0 Å². The molecule has 0 fully saturated rings. The standard InChI is InChI=1S/C13H15N/c1-9(2)14-10(3)12-7-5-6-8-13(12)11(14)4/h5-9H,3-4H2,1-2H3. The molecule has 14 heavy (non-hydrogen) atoms. The van der Waals surface area contributed by atoms with Crippen LogP contribution in [-0.4, -0.2) is 4.57 Å². The van der Waals surface area contributed by atoms with Crippen molar-refractivity contribution in [3.63, 3.8) is 0 Å². The van der Waals surface area contributed by atoms with Crippen LogP contribution in [0.5, 0.6) is 0 Å². The summed E-state index contributed by atoms with van der Waals surface area (Å²) < 4.78 is 2.19. The highest BCUT2D eigenvalue weighted by Crippen LogP contribution is 2.07. The summed E-state index contributed by atoms with van der Waals surface area (Å²) in [7, 11) is 0. The number of nitrogens with zero attached hydrogens (tertiary/aromatic N) is 1. The number of fused-ring (bicyclic) bond motifs is 1. The molecule has 0 unspecified atom stereocenters. The van der Waals surface area contributed by atoms with E-state index in [9.17, 15) is 0 Å². The molecule has 1 nitrogen and oxygen atoms in total. The van der Waals surface area contributed by atoms with Gasteiger partial charge in [0.05, 0.1) is 0 Å². The summed E-state index contributed by atoms with van der Waals surface area (Å²) >= 11 is 0. The zero-order chi connectivity index (χ0) is 10.3. The molecule has 1 heteroatoms. The Morgan fingerprint density at radius 1 is 1.00 bits per heavy atom. The minimum absolute atomic E-state index is 0.419. The molecule has 1 heterocycles. The SMILES string of the molecule is C=c1c2ccccc2c(=C)n1C(C)C. The lowest BCUT2D eigenvalue weighted by Crippen LogP contribution is -2.26. The predicted octanol–water partition coefficient (Wildman–Crippen LogP) is 2.04. The van der Waals surface area contributed by atoms with Crippen LogP contribution in [0.15, 0.2) is 24.3 Å². The third-order valence-corrected chi connectivity index (χ3v) is 2.65. The molecule has 0 aliphatic carbocycles. The average Bonchev–Trinajstić information content (AvgIpc) is 2.41. The molecule has 0 saturated carbocycles. The van der Waals surface area contributed by atoms with Crippen molar-refractivity contribution >= 4 is 23.9 Å². The molecule has 0 amide bonds. The molecule has 72 valence electrons. The van der Waals surface area contributed by atoms with Gasteiger partial charge in [0.25, 0.3) is 0 Å². The average molecular weight is 185 g/mol. The van der Waals surface area contributed by atoms with Crippen molar-refractivity contribution in [1.29, 1.82) is 0 Å². The van der Waals surface area contributed by atoms with Crippen LogP contribution in [0.1, 0.15) is 19.9 Å². The van der Waals surface area contributed by atoms with Gasteiger partial charge >= 0.3 is 0 Å². The summed E-state index contributed by atoms with van der Waals surface area (Å²) in [4.78, 5) is 0. The second kappa shape index (κ2) is 3.02. The second-order valence-electron chi connectivity index (χ2n) is 3.90. The number of hydrogen-bond donors (Lipinski definition) is 0. The smallest absolute Gasteiger partial charge is 0.0420 e. The van der Waals surface area contributed by atoms with E-state index in [1.165, 1.54) is 10.8 Å². The van der Waals surface area contributed by atoms with E-state index in [2.05, 4.69) is 43.7 Å². The highest BCUT2D eigenvalue weighted by atomic mass is 15.0. The van der Waals surface area contributed by atoms with Gasteiger partial charge < -0.3 is 4.57 Å². The third-order valence-electron chi connectivity index (χ3n) is 2.65. The van der Waals surface area contributed by atoms with Crippen LogP contribution in [0.2, 0.25) is 0 Å². The van der Waals surface area contributed by atoms with Gasteiger partial charge in [0.1, 0.15) is 0 Å². The van der Waals surface area contributed by atoms with Gasteiger partial charge in [0.2, 0.25) is 0 Å². The lowest BCUT2D eigenvalue weighted by Gasteiger charge is -2.07. The van der Waals surface area contributed by atoms with E-state index in [1.54, 1.807) is 0 Å². The molecule has 0 bridgehead atoms. The first kappa shape index (κ1) is 9.07. The van der Waals surface area contributed by atoms with Gasteiger partial charge in [-0.2, -0.15) is 0 Å². The Morgan fingerprint density at radius 2 is 1.43 bits per heavy atom. The molecule has 0 radical (unpaired) electrons. The minimum Gasteiger partial charge on any atom is -0.339 e. The van der Waals surface area contributed by atoms with E-state index in [-0.39, 0.29) is 0 Å². The zero-order valence-corrected chi connectivity index (χ0v) is 8.75. The Hall–Kier alpha value is -1.50. The van der Waals surface area contributed by atoms with Crippen LogP contribution in [0.3, 0.4) is 0 Å². The molecular formula is C13H15N. The summed E-state index contributed by atoms with van der Waals surface area (Å²) in [6.07, 6.45) is 0. The Kier molecular flexibility index (Phi) is 1.95. The molecular weight excluding hydrogens is 170 g/mol. The largest absolute Gasteiger partial charge is 0.339 e. The maximum absolute atomic E-state index is 4.11. The van der Waals surface area contributed by atoms with E-state index in [4.69, 9.17) is 0 Å². The first-order chi connectivity index (χ1) is 6.63. The molecule has 0 aliphatic rings. The Balaban J connectivity index is 3.01. The van der Waals surface area contributed by atoms with Crippen LogP contribution in [-0.2, 0) is 0 Å². The molecule has 2 rings (SSSR count). The van der Waals surface area contributed by atoms with Crippen molar-refractivity contribution in [2.24, 2.45) is 0 Å². The molecule has 0 N–H and O–H groups in total. The summed E-state index contributed by atoms with van der Waals surface area (Å²) in [5.74, 6) is 0. The van der Waals surface area contributed by atoms with Gasteiger partial charge in [0, 0.05) is 27.5 Å². The molecule has 0 spiro atoms. The Morgan fingerprint density at radius 3 is 1.79 bits per heavy atom. The predicted molar refractivity (Wildman–Crippen MR) is 62.6 cm³/mol. The lowest BCUT2D eigenvalue weighted by molar-refractivity contribution is 0.579. The number of benzene rings is 1. The number of aromatic nitrogens is 1. The fraction of sp³-hybridized carbons (Fsp3) is 0.231. The summed E-state index contributed by atoms with van der Waals surface area (Å²) in [6.45, 7) is 12.5. The lowest BCUT2D eigenvalue weighted by atomic mass is 10.2. The van der Waals surface area contributed by atoms with E-state index in [0.717, 1.165) is 10.7 Å². The molecule has 1 aromatic carbocycles. The van der Waals surface area contributed by atoms with Crippen molar-refractivity contribution in [2.75, 3.05) is 0 Å². The summed E-state index contributed by atoms with van der Waals surface area (Å²) in [6, 6.07) is 8.71. The van der Waals surface area contributed by atoms with E-state index >= 15 is 0 Å². The van der Waals surface area contributed by atoms with Gasteiger partial charge in [-0.25, -0.2) is 0 Å². The fourth-order valence-electron chi connectivity index (χ4n) is 2.03. The third kappa shape index (κ3) is 1.09. The highest BCUT2D eigenvalue weighted by molar-refractivity contribution is 5.83. The Bertz CT molecular complexity index is 514. The molecule has 0 saturated heterocycles. The van der Waals surface area contributed by atoms with Crippen molar-refractivity contribution in [2.45, 2.75) is 19.9 Å². The van der Waals surface area contributed by atoms with E-state index < -0.39 is 0 Å². The van der Waals surface area contributed by atoms with Crippen LogP contribution in [0.4, 0.5) is 0 Å². The normalized spacial score (nSPS) is 11.4. The fourth-order valence-corrected chi connectivity index (χ4v) is 2.03. The van der Waals surface area contributed by atoms with Gasteiger partial charge in [-0.15, -0.1) is 0 Å². The van der Waals surface area contributed by atoms with Gasteiger partial charge in [0.15, 0.2) is 0 Å². The maximum atomic E-state index is 4.11. The van der Waals surface area contributed by atoms with E-state index in [1.807, 2.05) is 12.1 Å². The van der Waals surface area contributed by atoms with Crippen LogP contribution in [0, 0.1) is 0 Å². The molecule has 2 aromatic rings. The number of hydrogen-bond acceptors (Lipinski definition) is 0. The number of rotatable bonds is 1. The van der Waals surface area contributed by atoms with Crippen LogP contribution in [0.25, 0.3) is 23.9 Å². The first-order valence-electron chi connectivity index (χ1n) is 4.89.